The van der Waals surface area contributed by atoms with E-state index in [4.69, 9.17) is 5.73 Å². The molecule has 1 atom stereocenters. The molecule has 3 aromatic rings. The van der Waals surface area contributed by atoms with Crippen molar-refractivity contribution in [2.24, 2.45) is 5.73 Å². The SMILES string of the molecule is CC(CC(N)=O)c1cc(O)cc(-c2ccc3cc(O)ccc3c2)c1. The van der Waals surface area contributed by atoms with Gasteiger partial charge in [-0.25, -0.2) is 0 Å². The van der Waals surface area contributed by atoms with Crippen molar-refractivity contribution in [3.05, 3.63) is 60.2 Å². The molecule has 1 amide bonds. The van der Waals surface area contributed by atoms with E-state index in [1.54, 1.807) is 24.3 Å². The van der Waals surface area contributed by atoms with Crippen LogP contribution in [0.25, 0.3) is 21.9 Å². The molecule has 3 rings (SSSR count). The Morgan fingerprint density at radius 3 is 2.38 bits per heavy atom. The molecule has 1 unspecified atom stereocenters. The van der Waals surface area contributed by atoms with Crippen LogP contribution in [0.15, 0.2) is 54.6 Å². The minimum Gasteiger partial charge on any atom is -0.508 e. The lowest BCUT2D eigenvalue weighted by atomic mass is 9.93. The zero-order chi connectivity index (χ0) is 17.3. The summed E-state index contributed by atoms with van der Waals surface area (Å²) in [5.41, 5.74) is 7.97. The summed E-state index contributed by atoms with van der Waals surface area (Å²) in [6.07, 6.45) is 0.236. The molecule has 0 radical (unpaired) electrons. The Bertz CT molecular complexity index is 918. The first kappa shape index (κ1) is 15.9. The number of hydrogen-bond donors (Lipinski definition) is 3. The van der Waals surface area contributed by atoms with E-state index < -0.39 is 0 Å². The summed E-state index contributed by atoms with van der Waals surface area (Å²) in [5, 5.41) is 21.5. The van der Waals surface area contributed by atoms with Gasteiger partial charge in [-0.3, -0.25) is 4.79 Å². The average Bonchev–Trinajstić information content (AvgIpc) is 2.53. The van der Waals surface area contributed by atoms with Crippen molar-refractivity contribution in [1.29, 1.82) is 0 Å². The largest absolute Gasteiger partial charge is 0.508 e. The van der Waals surface area contributed by atoms with Gasteiger partial charge in [0, 0.05) is 6.42 Å². The van der Waals surface area contributed by atoms with Gasteiger partial charge in [-0.05, 0) is 63.7 Å². The van der Waals surface area contributed by atoms with Crippen molar-refractivity contribution in [3.8, 4) is 22.6 Å². The second-order valence-electron chi connectivity index (χ2n) is 6.13. The molecule has 3 aromatic carbocycles. The normalized spacial score (nSPS) is 12.2. The molecule has 0 saturated heterocycles. The van der Waals surface area contributed by atoms with E-state index in [1.807, 2.05) is 37.3 Å². The van der Waals surface area contributed by atoms with Crippen LogP contribution in [0.4, 0.5) is 0 Å². The number of carbonyl (C=O) groups is 1. The van der Waals surface area contributed by atoms with Crippen molar-refractivity contribution >= 4 is 16.7 Å². The molecule has 0 aromatic heterocycles. The molecule has 0 heterocycles. The first-order chi connectivity index (χ1) is 11.4. The highest BCUT2D eigenvalue weighted by Gasteiger charge is 2.12. The molecular formula is C20H19NO3. The van der Waals surface area contributed by atoms with Crippen LogP contribution in [0.1, 0.15) is 24.8 Å². The predicted octanol–water partition coefficient (Wildman–Crippen LogP) is 3.90. The van der Waals surface area contributed by atoms with Crippen LogP contribution >= 0.6 is 0 Å². The maximum atomic E-state index is 11.1. The van der Waals surface area contributed by atoms with Crippen LogP contribution in [-0.4, -0.2) is 16.1 Å². The van der Waals surface area contributed by atoms with Gasteiger partial charge in [-0.2, -0.15) is 0 Å². The highest BCUT2D eigenvalue weighted by Crippen LogP contribution is 2.32. The third-order valence-electron chi connectivity index (χ3n) is 4.17. The molecule has 0 spiro atoms. The Morgan fingerprint density at radius 1 is 0.917 bits per heavy atom. The third kappa shape index (κ3) is 3.33. The van der Waals surface area contributed by atoms with E-state index in [0.717, 1.165) is 27.5 Å². The number of phenolic OH excluding ortho intramolecular Hbond substituents is 2. The Kier molecular flexibility index (Phi) is 4.13. The van der Waals surface area contributed by atoms with Gasteiger partial charge in [-0.15, -0.1) is 0 Å². The van der Waals surface area contributed by atoms with Crippen molar-refractivity contribution < 1.29 is 15.0 Å². The monoisotopic (exact) mass is 321 g/mol. The minimum absolute atomic E-state index is 0.0641. The fourth-order valence-corrected chi connectivity index (χ4v) is 2.92. The number of rotatable bonds is 4. The second kappa shape index (κ2) is 6.24. The lowest BCUT2D eigenvalue weighted by Crippen LogP contribution is -2.13. The van der Waals surface area contributed by atoms with E-state index in [0.29, 0.717) is 0 Å². The summed E-state index contributed by atoms with van der Waals surface area (Å²) in [6.45, 7) is 1.91. The van der Waals surface area contributed by atoms with Crippen molar-refractivity contribution in [3.63, 3.8) is 0 Å². The summed E-state index contributed by atoms with van der Waals surface area (Å²) in [6, 6.07) is 16.4. The number of phenols is 2. The maximum Gasteiger partial charge on any atom is 0.218 e. The number of hydrogen-bond acceptors (Lipinski definition) is 3. The summed E-state index contributed by atoms with van der Waals surface area (Å²) < 4.78 is 0. The Balaban J connectivity index is 2.04. The predicted molar refractivity (Wildman–Crippen MR) is 94.9 cm³/mol. The highest BCUT2D eigenvalue weighted by molar-refractivity contribution is 5.88. The van der Waals surface area contributed by atoms with Crippen molar-refractivity contribution in [2.45, 2.75) is 19.3 Å². The Morgan fingerprint density at radius 2 is 1.62 bits per heavy atom. The maximum absolute atomic E-state index is 11.1. The zero-order valence-corrected chi connectivity index (χ0v) is 13.4. The van der Waals surface area contributed by atoms with E-state index in [9.17, 15) is 15.0 Å². The molecule has 0 aliphatic heterocycles. The van der Waals surface area contributed by atoms with E-state index in [2.05, 4.69) is 0 Å². The number of amides is 1. The number of fused-ring (bicyclic) bond motifs is 1. The topological polar surface area (TPSA) is 83.6 Å². The third-order valence-corrected chi connectivity index (χ3v) is 4.17. The fourth-order valence-electron chi connectivity index (χ4n) is 2.92. The van der Waals surface area contributed by atoms with Gasteiger partial charge < -0.3 is 15.9 Å². The second-order valence-corrected chi connectivity index (χ2v) is 6.13. The number of nitrogens with two attached hydrogens (primary N) is 1. The van der Waals surface area contributed by atoms with E-state index in [1.165, 1.54) is 0 Å². The summed E-state index contributed by atoms with van der Waals surface area (Å²) in [7, 11) is 0. The van der Waals surface area contributed by atoms with Gasteiger partial charge in [0.2, 0.25) is 5.91 Å². The van der Waals surface area contributed by atoms with Gasteiger partial charge in [0.05, 0.1) is 0 Å². The molecule has 24 heavy (non-hydrogen) atoms. The molecule has 0 aliphatic rings. The fraction of sp³-hybridized carbons (Fsp3) is 0.150. The number of primary amides is 1. The molecule has 4 N–H and O–H groups in total. The molecule has 0 fully saturated rings. The van der Waals surface area contributed by atoms with Crippen LogP contribution in [0.2, 0.25) is 0 Å². The average molecular weight is 321 g/mol. The van der Waals surface area contributed by atoms with Crippen LogP contribution in [-0.2, 0) is 4.79 Å². The van der Waals surface area contributed by atoms with Crippen LogP contribution in [0, 0.1) is 0 Å². The lowest BCUT2D eigenvalue weighted by Gasteiger charge is -2.13. The zero-order valence-electron chi connectivity index (χ0n) is 13.4. The molecule has 0 saturated carbocycles. The smallest absolute Gasteiger partial charge is 0.218 e. The molecule has 4 nitrogen and oxygen atoms in total. The molecule has 0 aliphatic carbocycles. The lowest BCUT2D eigenvalue weighted by molar-refractivity contribution is -0.118. The van der Waals surface area contributed by atoms with Gasteiger partial charge in [-0.1, -0.05) is 31.2 Å². The number of carbonyl (C=O) groups excluding carboxylic acids is 1. The first-order valence-electron chi connectivity index (χ1n) is 7.78. The Labute approximate surface area is 140 Å². The van der Waals surface area contributed by atoms with Gasteiger partial charge in [0.25, 0.3) is 0 Å². The van der Waals surface area contributed by atoms with Crippen LogP contribution in [0.3, 0.4) is 0 Å². The van der Waals surface area contributed by atoms with Crippen LogP contribution in [0.5, 0.6) is 11.5 Å². The van der Waals surface area contributed by atoms with Crippen molar-refractivity contribution in [2.75, 3.05) is 0 Å². The minimum atomic E-state index is -0.363. The number of aromatic hydroxyl groups is 2. The first-order valence-corrected chi connectivity index (χ1v) is 7.78. The Hall–Kier alpha value is -3.01. The summed E-state index contributed by atoms with van der Waals surface area (Å²) >= 11 is 0. The quantitative estimate of drug-likeness (QED) is 0.681. The van der Waals surface area contributed by atoms with E-state index >= 15 is 0 Å². The molecule has 0 bridgehead atoms. The summed E-state index contributed by atoms with van der Waals surface area (Å²) in [5.74, 6) is -0.0385. The summed E-state index contributed by atoms with van der Waals surface area (Å²) in [4.78, 5) is 11.1. The van der Waals surface area contributed by atoms with E-state index in [-0.39, 0.29) is 29.7 Å². The standard InChI is InChI=1S/C20H19NO3/c1-12(6-20(21)24)16-8-17(11-19(23)10-16)14-2-3-15-9-18(22)5-4-13(15)7-14/h2-5,7-12,22-23H,6H2,1H3,(H2,21,24). The molecular weight excluding hydrogens is 302 g/mol. The number of benzene rings is 3. The highest BCUT2D eigenvalue weighted by atomic mass is 16.3. The van der Waals surface area contributed by atoms with Crippen LogP contribution < -0.4 is 5.73 Å². The van der Waals surface area contributed by atoms with Crippen molar-refractivity contribution in [1.82, 2.24) is 0 Å². The van der Waals surface area contributed by atoms with Gasteiger partial charge in [0.15, 0.2) is 0 Å². The molecule has 122 valence electrons. The molecule has 4 heteroatoms. The van der Waals surface area contributed by atoms with Gasteiger partial charge in [0.1, 0.15) is 11.5 Å². The van der Waals surface area contributed by atoms with Gasteiger partial charge >= 0.3 is 0 Å².